The Morgan fingerprint density at radius 2 is 1.37 bits per heavy atom. The van der Waals surface area contributed by atoms with Crippen LogP contribution in [0.4, 0.5) is 4.39 Å². The van der Waals surface area contributed by atoms with Crippen LogP contribution >= 0.6 is 0 Å². The number of hydrogen-bond donors (Lipinski definition) is 0. The van der Waals surface area contributed by atoms with Gasteiger partial charge in [0.1, 0.15) is 11.6 Å². The van der Waals surface area contributed by atoms with E-state index in [1.54, 1.807) is 24.3 Å². The fourth-order valence-electron chi connectivity index (χ4n) is 2.45. The summed E-state index contributed by atoms with van der Waals surface area (Å²) in [6.45, 7) is 0. The molecule has 6 heteroatoms. The zero-order chi connectivity index (χ0) is 18.6. The van der Waals surface area contributed by atoms with Gasteiger partial charge in [0.2, 0.25) is 11.8 Å². The molecule has 3 aromatic carbocycles. The van der Waals surface area contributed by atoms with Gasteiger partial charge in [-0.05, 0) is 60.7 Å². The number of ether oxygens (including phenoxy) is 1. The first-order valence-electron chi connectivity index (χ1n) is 8.16. The number of rotatable bonds is 4. The van der Waals surface area contributed by atoms with Crippen molar-refractivity contribution < 1.29 is 18.3 Å². The lowest BCUT2D eigenvalue weighted by Crippen LogP contribution is -2.08. The van der Waals surface area contributed by atoms with Crippen molar-refractivity contribution in [1.29, 1.82) is 0 Å². The second-order valence-corrected chi connectivity index (χ2v) is 5.70. The summed E-state index contributed by atoms with van der Waals surface area (Å²) >= 11 is 0. The van der Waals surface area contributed by atoms with E-state index in [1.807, 2.05) is 30.3 Å². The lowest BCUT2D eigenvalue weighted by Gasteiger charge is -2.04. The minimum atomic E-state index is -0.538. The smallest absolute Gasteiger partial charge is 0.343 e. The molecule has 0 amide bonds. The lowest BCUT2D eigenvalue weighted by atomic mass is 10.1. The Hall–Kier alpha value is -3.80. The molecule has 0 atom stereocenters. The number of esters is 1. The van der Waals surface area contributed by atoms with Crippen molar-refractivity contribution in [3.63, 3.8) is 0 Å². The van der Waals surface area contributed by atoms with E-state index in [1.165, 1.54) is 24.3 Å². The van der Waals surface area contributed by atoms with E-state index in [4.69, 9.17) is 9.15 Å². The summed E-state index contributed by atoms with van der Waals surface area (Å²) in [6, 6.07) is 21.3. The van der Waals surface area contributed by atoms with Crippen molar-refractivity contribution in [2.45, 2.75) is 0 Å². The first kappa shape index (κ1) is 16.7. The molecule has 5 nitrogen and oxygen atoms in total. The van der Waals surface area contributed by atoms with Crippen molar-refractivity contribution in [3.8, 4) is 28.7 Å². The summed E-state index contributed by atoms with van der Waals surface area (Å²) in [5.74, 6) is 0.116. The van der Waals surface area contributed by atoms with E-state index in [0.717, 1.165) is 5.56 Å². The molecule has 0 unspecified atom stereocenters. The largest absolute Gasteiger partial charge is 0.423 e. The van der Waals surface area contributed by atoms with Crippen LogP contribution in [0.25, 0.3) is 22.9 Å². The zero-order valence-electron chi connectivity index (χ0n) is 14.0. The number of aromatic nitrogens is 2. The van der Waals surface area contributed by atoms with Crippen molar-refractivity contribution in [1.82, 2.24) is 10.2 Å². The zero-order valence-corrected chi connectivity index (χ0v) is 14.0. The van der Waals surface area contributed by atoms with Crippen LogP contribution in [0.15, 0.2) is 83.3 Å². The van der Waals surface area contributed by atoms with E-state index in [9.17, 15) is 9.18 Å². The van der Waals surface area contributed by atoms with Crippen molar-refractivity contribution >= 4 is 5.97 Å². The minimum absolute atomic E-state index is 0.273. The number of nitrogens with zero attached hydrogens (tertiary/aromatic N) is 2. The number of halogens is 1. The van der Waals surface area contributed by atoms with Crippen LogP contribution in [0.3, 0.4) is 0 Å². The monoisotopic (exact) mass is 360 g/mol. The highest BCUT2D eigenvalue weighted by atomic mass is 19.1. The first-order chi connectivity index (χ1) is 13.2. The third-order valence-corrected chi connectivity index (χ3v) is 3.84. The molecule has 4 rings (SSSR count). The maximum atomic E-state index is 12.9. The van der Waals surface area contributed by atoms with Crippen LogP contribution in [-0.4, -0.2) is 16.2 Å². The van der Waals surface area contributed by atoms with Gasteiger partial charge in [0.15, 0.2) is 0 Å². The number of hydrogen-bond acceptors (Lipinski definition) is 5. The lowest BCUT2D eigenvalue weighted by molar-refractivity contribution is 0.0734. The van der Waals surface area contributed by atoms with E-state index >= 15 is 0 Å². The molecule has 0 aliphatic carbocycles. The molecule has 0 aliphatic rings. The molecule has 0 radical (unpaired) electrons. The molecule has 0 N–H and O–H groups in total. The third kappa shape index (κ3) is 3.74. The fourth-order valence-corrected chi connectivity index (χ4v) is 2.45. The quantitative estimate of drug-likeness (QED) is 0.388. The molecule has 0 spiro atoms. The SMILES string of the molecule is O=C(Oc1ccc(F)cc1)c1ccc(-c2nnc(-c3ccccc3)o2)cc1. The highest BCUT2D eigenvalue weighted by molar-refractivity contribution is 5.91. The highest BCUT2D eigenvalue weighted by Gasteiger charge is 2.13. The van der Waals surface area contributed by atoms with Gasteiger partial charge < -0.3 is 9.15 Å². The average Bonchev–Trinajstić information content (AvgIpc) is 3.21. The number of carbonyl (C=O) groups is 1. The van der Waals surface area contributed by atoms with Gasteiger partial charge in [0, 0.05) is 11.1 Å². The Morgan fingerprint density at radius 3 is 2.00 bits per heavy atom. The molecule has 4 aromatic rings. The van der Waals surface area contributed by atoms with Crippen LogP contribution in [0.1, 0.15) is 10.4 Å². The Kier molecular flexibility index (Phi) is 4.45. The molecule has 0 aliphatic heterocycles. The summed E-state index contributed by atoms with van der Waals surface area (Å²) < 4.78 is 23.8. The van der Waals surface area contributed by atoms with Gasteiger partial charge in [-0.3, -0.25) is 0 Å². The standard InChI is InChI=1S/C21H13FN2O3/c22-17-10-12-18(13-11-17)26-21(25)16-8-6-15(7-9-16)20-24-23-19(27-20)14-4-2-1-3-5-14/h1-13H. The second kappa shape index (κ2) is 7.21. The van der Waals surface area contributed by atoms with Crippen LogP contribution in [-0.2, 0) is 0 Å². The summed E-state index contributed by atoms with van der Waals surface area (Å²) in [6.07, 6.45) is 0. The van der Waals surface area contributed by atoms with Crippen molar-refractivity contribution in [2.24, 2.45) is 0 Å². The summed E-state index contributed by atoms with van der Waals surface area (Å²) in [4.78, 5) is 12.2. The molecular weight excluding hydrogens is 347 g/mol. The van der Waals surface area contributed by atoms with Crippen LogP contribution < -0.4 is 4.74 Å². The van der Waals surface area contributed by atoms with Gasteiger partial charge in [-0.15, -0.1) is 10.2 Å². The van der Waals surface area contributed by atoms with E-state index < -0.39 is 11.8 Å². The molecule has 27 heavy (non-hydrogen) atoms. The third-order valence-electron chi connectivity index (χ3n) is 3.84. The van der Waals surface area contributed by atoms with Crippen molar-refractivity contribution in [2.75, 3.05) is 0 Å². The Morgan fingerprint density at radius 1 is 0.778 bits per heavy atom. The predicted molar refractivity (Wildman–Crippen MR) is 96.5 cm³/mol. The Bertz CT molecular complexity index is 1060. The van der Waals surface area contributed by atoms with Crippen LogP contribution in [0, 0.1) is 5.82 Å². The van der Waals surface area contributed by atoms with E-state index in [-0.39, 0.29) is 5.75 Å². The number of benzene rings is 3. The first-order valence-corrected chi connectivity index (χ1v) is 8.16. The molecule has 0 fully saturated rings. The van der Waals surface area contributed by atoms with Crippen molar-refractivity contribution in [3.05, 3.63) is 90.2 Å². The van der Waals surface area contributed by atoms with Gasteiger partial charge in [-0.2, -0.15) is 0 Å². The second-order valence-electron chi connectivity index (χ2n) is 5.70. The van der Waals surface area contributed by atoms with Gasteiger partial charge in [-0.25, -0.2) is 9.18 Å². The van der Waals surface area contributed by atoms with Gasteiger partial charge in [0.25, 0.3) is 0 Å². The summed E-state index contributed by atoms with van der Waals surface area (Å²) in [5.41, 5.74) is 1.87. The maximum Gasteiger partial charge on any atom is 0.343 e. The average molecular weight is 360 g/mol. The molecule has 0 saturated carbocycles. The molecule has 0 saturated heterocycles. The Balaban J connectivity index is 1.50. The highest BCUT2D eigenvalue weighted by Crippen LogP contribution is 2.24. The topological polar surface area (TPSA) is 65.2 Å². The molecular formula is C21H13FN2O3. The number of carbonyl (C=O) groups excluding carboxylic acids is 1. The molecule has 0 bridgehead atoms. The van der Waals surface area contributed by atoms with E-state index in [0.29, 0.717) is 22.9 Å². The summed E-state index contributed by atoms with van der Waals surface area (Å²) in [7, 11) is 0. The molecule has 1 aromatic heterocycles. The van der Waals surface area contributed by atoms with Gasteiger partial charge >= 0.3 is 5.97 Å². The minimum Gasteiger partial charge on any atom is -0.423 e. The normalized spacial score (nSPS) is 10.6. The van der Waals surface area contributed by atoms with Gasteiger partial charge in [-0.1, -0.05) is 18.2 Å². The molecule has 132 valence electrons. The van der Waals surface area contributed by atoms with Gasteiger partial charge in [0.05, 0.1) is 5.56 Å². The predicted octanol–water partition coefficient (Wildman–Crippen LogP) is 4.76. The summed E-state index contributed by atoms with van der Waals surface area (Å²) in [5, 5.41) is 8.09. The maximum absolute atomic E-state index is 12.9. The Labute approximate surface area is 154 Å². The molecule has 1 heterocycles. The van der Waals surface area contributed by atoms with Crippen LogP contribution in [0.5, 0.6) is 5.75 Å². The van der Waals surface area contributed by atoms with E-state index in [2.05, 4.69) is 10.2 Å². The van der Waals surface area contributed by atoms with Crippen LogP contribution in [0.2, 0.25) is 0 Å². The fraction of sp³-hybridized carbons (Fsp3) is 0.